The van der Waals surface area contributed by atoms with Crippen LogP contribution in [0.1, 0.15) is 159 Å². The standard InChI is InChI=1S/C42H65FN5O7P/c1-3-4-5-6-7-8-9-10-11-12-13-14-15-16-17-18-19-24-51-30-37(52-29-35-25-34(28-44)26-36(43)27-35)31-53-56(49,50)54-32-42(2)23-22-40(55-42)38-20-21-39-41(45)46-33-47-48(38)39/h20-21,25-27,33,37,40H,3-19,22-24,29-32H2,1-2H3,(H,49,50)(H2,45,46,47)/t37?,40?,42-/m0/s1. The first kappa shape index (κ1) is 45.7. The molecule has 3 N–H and O–H groups in total. The smallest absolute Gasteiger partial charge is 0.382 e. The molecule has 1 aliphatic rings. The third-order valence-corrected chi connectivity index (χ3v) is 11.4. The summed E-state index contributed by atoms with van der Waals surface area (Å²) in [4.78, 5) is 14.6. The number of phosphoric ester groups is 1. The Hall–Kier alpha value is -2.95. The molecule has 0 aliphatic carbocycles. The highest BCUT2D eigenvalue weighted by Crippen LogP contribution is 2.47. The lowest BCUT2D eigenvalue weighted by Crippen LogP contribution is -2.30. The van der Waals surface area contributed by atoms with Crippen LogP contribution in [0.2, 0.25) is 0 Å². The number of nitrogens with two attached hydrogens (primary N) is 1. The zero-order chi connectivity index (χ0) is 40.1. The first-order valence-electron chi connectivity index (χ1n) is 20.9. The number of ether oxygens (including phenoxy) is 3. The zero-order valence-corrected chi connectivity index (χ0v) is 34.6. The van der Waals surface area contributed by atoms with Crippen LogP contribution in [-0.2, 0) is 34.4 Å². The maximum absolute atomic E-state index is 14.1. The Balaban J connectivity index is 1.13. The average molecular weight is 802 g/mol. The van der Waals surface area contributed by atoms with Crippen molar-refractivity contribution in [3.63, 3.8) is 0 Å². The minimum atomic E-state index is -4.52. The summed E-state index contributed by atoms with van der Waals surface area (Å²) in [5.74, 6) is -0.189. The molecule has 14 heteroatoms. The molecule has 312 valence electrons. The molecule has 0 radical (unpaired) electrons. The van der Waals surface area contributed by atoms with E-state index < -0.39 is 25.3 Å². The second-order valence-corrected chi connectivity index (χ2v) is 16.9. The van der Waals surface area contributed by atoms with Crippen LogP contribution in [0.5, 0.6) is 0 Å². The highest BCUT2D eigenvalue weighted by molar-refractivity contribution is 7.47. The quantitative estimate of drug-likeness (QED) is 0.0487. The number of aromatic nitrogens is 3. The van der Waals surface area contributed by atoms with Crippen molar-refractivity contribution < 1.29 is 37.1 Å². The number of unbranched alkanes of at least 4 members (excludes halogenated alkanes) is 16. The Morgan fingerprint density at radius 1 is 0.982 bits per heavy atom. The number of anilines is 1. The minimum absolute atomic E-state index is 0.0438. The number of nitriles is 1. The number of nitrogen functional groups attached to an aromatic ring is 1. The topological polar surface area (TPSA) is 163 Å². The Labute approximate surface area is 333 Å². The lowest BCUT2D eigenvalue weighted by molar-refractivity contribution is -0.0710. The minimum Gasteiger partial charge on any atom is -0.382 e. The molecule has 1 fully saturated rings. The van der Waals surface area contributed by atoms with Crippen LogP contribution in [0.15, 0.2) is 36.7 Å². The summed E-state index contributed by atoms with van der Waals surface area (Å²) in [5.41, 5.74) is 7.23. The van der Waals surface area contributed by atoms with Crippen LogP contribution in [0, 0.1) is 17.1 Å². The average Bonchev–Trinajstić information content (AvgIpc) is 3.80. The molecule has 0 spiro atoms. The fraction of sp³-hybridized carbons (Fsp3) is 0.690. The van der Waals surface area contributed by atoms with Crippen LogP contribution >= 0.6 is 7.82 Å². The molecule has 0 amide bonds. The van der Waals surface area contributed by atoms with Gasteiger partial charge in [-0.25, -0.2) is 18.5 Å². The zero-order valence-electron chi connectivity index (χ0n) is 33.7. The Bertz CT molecular complexity index is 1670. The molecule has 0 bridgehead atoms. The molecule has 1 saturated heterocycles. The molecule has 4 atom stereocenters. The van der Waals surface area contributed by atoms with E-state index in [0.717, 1.165) is 31.0 Å². The largest absolute Gasteiger partial charge is 0.472 e. The summed E-state index contributed by atoms with van der Waals surface area (Å²) >= 11 is 0. The summed E-state index contributed by atoms with van der Waals surface area (Å²) in [6.45, 7) is 4.17. The van der Waals surface area contributed by atoms with E-state index in [0.29, 0.717) is 36.3 Å². The number of rotatable bonds is 30. The van der Waals surface area contributed by atoms with E-state index in [9.17, 15) is 19.1 Å². The van der Waals surface area contributed by atoms with Gasteiger partial charge in [0.25, 0.3) is 0 Å². The summed E-state index contributed by atoms with van der Waals surface area (Å²) in [6, 6.07) is 9.61. The van der Waals surface area contributed by atoms with E-state index in [4.69, 9.17) is 29.0 Å². The van der Waals surface area contributed by atoms with Gasteiger partial charge >= 0.3 is 7.82 Å². The van der Waals surface area contributed by atoms with E-state index in [1.807, 2.05) is 25.1 Å². The predicted octanol–water partition coefficient (Wildman–Crippen LogP) is 10.3. The first-order chi connectivity index (χ1) is 27.1. The number of hydrogen-bond acceptors (Lipinski definition) is 10. The van der Waals surface area contributed by atoms with Gasteiger partial charge in [0.1, 0.15) is 29.9 Å². The molecule has 0 saturated carbocycles. The van der Waals surface area contributed by atoms with Gasteiger partial charge in [-0.2, -0.15) is 10.4 Å². The van der Waals surface area contributed by atoms with Gasteiger partial charge in [0, 0.05) is 6.61 Å². The van der Waals surface area contributed by atoms with Gasteiger partial charge in [-0.05, 0) is 62.1 Å². The number of benzene rings is 1. The number of halogens is 1. The van der Waals surface area contributed by atoms with Crippen molar-refractivity contribution in [2.24, 2.45) is 0 Å². The Morgan fingerprint density at radius 3 is 2.27 bits per heavy atom. The molecule has 1 aromatic carbocycles. The molecule has 56 heavy (non-hydrogen) atoms. The van der Waals surface area contributed by atoms with Gasteiger partial charge < -0.3 is 24.8 Å². The van der Waals surface area contributed by atoms with E-state index in [-0.39, 0.29) is 38.1 Å². The molecule has 4 rings (SSSR count). The third-order valence-electron chi connectivity index (χ3n) is 10.4. The maximum Gasteiger partial charge on any atom is 0.472 e. The Kier molecular flexibility index (Phi) is 20.2. The van der Waals surface area contributed by atoms with E-state index in [2.05, 4.69) is 17.0 Å². The van der Waals surface area contributed by atoms with E-state index in [1.54, 1.807) is 4.52 Å². The van der Waals surface area contributed by atoms with Gasteiger partial charge in [-0.3, -0.25) is 9.05 Å². The fourth-order valence-electron chi connectivity index (χ4n) is 7.16. The lowest BCUT2D eigenvalue weighted by Gasteiger charge is -2.26. The monoisotopic (exact) mass is 801 g/mol. The van der Waals surface area contributed by atoms with Crippen molar-refractivity contribution in [2.75, 3.05) is 32.2 Å². The van der Waals surface area contributed by atoms with Gasteiger partial charge in [-0.1, -0.05) is 110 Å². The van der Waals surface area contributed by atoms with Gasteiger partial charge in [0.05, 0.1) is 49.4 Å². The number of hydrogen-bond donors (Lipinski definition) is 2. The van der Waals surface area contributed by atoms with Crippen molar-refractivity contribution in [3.05, 3.63) is 59.3 Å². The summed E-state index contributed by atoms with van der Waals surface area (Å²) in [5, 5.41) is 13.5. The van der Waals surface area contributed by atoms with Gasteiger partial charge in [0.2, 0.25) is 0 Å². The van der Waals surface area contributed by atoms with Crippen molar-refractivity contribution in [1.82, 2.24) is 14.6 Å². The second-order valence-electron chi connectivity index (χ2n) is 15.5. The number of phosphoric acid groups is 1. The fourth-order valence-corrected chi connectivity index (χ4v) is 8.03. The van der Waals surface area contributed by atoms with Crippen LogP contribution in [0.25, 0.3) is 5.52 Å². The van der Waals surface area contributed by atoms with Crippen molar-refractivity contribution >= 4 is 19.2 Å². The Morgan fingerprint density at radius 2 is 1.62 bits per heavy atom. The molecule has 3 aromatic rings. The number of nitrogens with zero attached hydrogens (tertiary/aromatic N) is 4. The van der Waals surface area contributed by atoms with Gasteiger partial charge in [0.15, 0.2) is 5.82 Å². The number of fused-ring (bicyclic) bond motifs is 1. The van der Waals surface area contributed by atoms with Crippen LogP contribution < -0.4 is 5.73 Å². The van der Waals surface area contributed by atoms with Crippen molar-refractivity contribution in [2.45, 2.75) is 160 Å². The molecule has 12 nitrogen and oxygen atoms in total. The second kappa shape index (κ2) is 24.7. The predicted molar refractivity (Wildman–Crippen MR) is 215 cm³/mol. The maximum atomic E-state index is 14.1. The SMILES string of the molecule is CCCCCCCCCCCCCCCCCCCOCC(COP(=O)(O)OC[C@]1(C)CCC(c2ccc3c(N)ncnn23)O1)OCc1cc(F)cc(C#N)c1. The molecule has 3 unspecified atom stereocenters. The summed E-state index contributed by atoms with van der Waals surface area (Å²) < 4.78 is 57.7. The summed E-state index contributed by atoms with van der Waals surface area (Å²) in [7, 11) is -4.52. The summed E-state index contributed by atoms with van der Waals surface area (Å²) in [6.07, 6.45) is 23.5. The van der Waals surface area contributed by atoms with Crippen molar-refractivity contribution in [3.8, 4) is 6.07 Å². The molecular weight excluding hydrogens is 736 g/mol. The van der Waals surface area contributed by atoms with Crippen LogP contribution in [0.4, 0.5) is 10.2 Å². The van der Waals surface area contributed by atoms with E-state index in [1.165, 1.54) is 108 Å². The van der Waals surface area contributed by atoms with Gasteiger partial charge in [-0.15, -0.1) is 0 Å². The van der Waals surface area contributed by atoms with Crippen LogP contribution in [0.3, 0.4) is 0 Å². The highest BCUT2D eigenvalue weighted by atomic mass is 31.2. The molecule has 3 heterocycles. The molecular formula is C42H65FN5O7P. The third kappa shape index (κ3) is 16.5. The molecule has 2 aromatic heterocycles. The molecule has 1 aliphatic heterocycles. The lowest BCUT2D eigenvalue weighted by atomic mass is 10.0. The highest BCUT2D eigenvalue weighted by Gasteiger charge is 2.40. The van der Waals surface area contributed by atoms with Crippen molar-refractivity contribution in [1.29, 1.82) is 5.26 Å². The van der Waals surface area contributed by atoms with Crippen LogP contribution in [-0.4, -0.2) is 57.6 Å². The normalized spacial score (nSPS) is 18.7. The van der Waals surface area contributed by atoms with E-state index >= 15 is 0 Å². The first-order valence-corrected chi connectivity index (χ1v) is 22.4.